The summed E-state index contributed by atoms with van der Waals surface area (Å²) in [6.07, 6.45) is 0. The van der Waals surface area contributed by atoms with Crippen LogP contribution < -0.4 is 16.4 Å². The van der Waals surface area contributed by atoms with Crippen molar-refractivity contribution in [1.82, 2.24) is 10.6 Å². The number of primary amides is 1. The second kappa shape index (κ2) is 5.21. The molecule has 0 heterocycles. The van der Waals surface area contributed by atoms with Crippen LogP contribution in [-0.4, -0.2) is 37.2 Å². The lowest BCUT2D eigenvalue weighted by molar-refractivity contribution is -0.134. The van der Waals surface area contributed by atoms with Gasteiger partial charge < -0.3 is 16.4 Å². The van der Waals surface area contributed by atoms with Gasteiger partial charge in [0.1, 0.15) is 5.54 Å². The number of nitrogens with one attached hydrogen (secondary N) is 2. The zero-order valence-electron chi connectivity index (χ0n) is 8.63. The van der Waals surface area contributed by atoms with Gasteiger partial charge in [0.15, 0.2) is 0 Å². The van der Waals surface area contributed by atoms with E-state index in [1.807, 2.05) is 0 Å². The van der Waals surface area contributed by atoms with Crippen LogP contribution in [0.1, 0.15) is 6.92 Å². The summed E-state index contributed by atoms with van der Waals surface area (Å²) in [6, 6.07) is 0. The molecule has 6 heteroatoms. The van der Waals surface area contributed by atoms with Crippen LogP contribution in [0.5, 0.6) is 0 Å². The summed E-state index contributed by atoms with van der Waals surface area (Å²) in [6.45, 7) is 1.59. The Bertz CT molecular complexity index is 235. The van der Waals surface area contributed by atoms with Gasteiger partial charge in [-0.05, 0) is 14.0 Å². The van der Waals surface area contributed by atoms with Crippen molar-refractivity contribution < 1.29 is 9.59 Å². The highest BCUT2D eigenvalue weighted by Crippen LogP contribution is 2.18. The summed E-state index contributed by atoms with van der Waals surface area (Å²) in [5, 5.41) is 5.24. The van der Waals surface area contributed by atoms with Gasteiger partial charge in [0.2, 0.25) is 11.8 Å². The molecule has 0 rings (SSSR count). The summed E-state index contributed by atoms with van der Waals surface area (Å²) in [5.74, 6) is -1.16. The third-order valence-electron chi connectivity index (χ3n) is 2.47. The molecule has 82 valence electrons. The molecule has 0 aromatic rings. The molecule has 0 aliphatic heterocycles. The molecule has 0 saturated carbocycles. The van der Waals surface area contributed by atoms with E-state index in [9.17, 15) is 9.59 Å². The standard InChI is InChI=1S/C8H17N3O2S/c1-8(11-3,7(9)13)5(4-14)6(12)10-2/h5,11,14H,4H2,1-3H3,(H2,9,13)(H,10,12)/t5-,8?/m0/s1. The third kappa shape index (κ3) is 2.39. The van der Waals surface area contributed by atoms with E-state index in [-0.39, 0.29) is 11.7 Å². The van der Waals surface area contributed by atoms with E-state index in [1.54, 1.807) is 14.0 Å². The van der Waals surface area contributed by atoms with E-state index < -0.39 is 17.4 Å². The maximum atomic E-state index is 11.4. The zero-order chi connectivity index (χ0) is 11.4. The fourth-order valence-electron chi connectivity index (χ4n) is 1.17. The molecule has 0 saturated heterocycles. The molecular formula is C8H17N3O2S. The fourth-order valence-corrected chi connectivity index (χ4v) is 1.70. The minimum Gasteiger partial charge on any atom is -0.368 e. The third-order valence-corrected chi connectivity index (χ3v) is 2.84. The molecule has 0 aromatic heterocycles. The van der Waals surface area contributed by atoms with E-state index in [4.69, 9.17) is 5.73 Å². The highest BCUT2D eigenvalue weighted by atomic mass is 32.1. The Morgan fingerprint density at radius 2 is 2.00 bits per heavy atom. The predicted molar refractivity (Wildman–Crippen MR) is 58.1 cm³/mol. The fraction of sp³-hybridized carbons (Fsp3) is 0.750. The first kappa shape index (κ1) is 13.2. The van der Waals surface area contributed by atoms with Gasteiger partial charge in [0, 0.05) is 12.8 Å². The van der Waals surface area contributed by atoms with Gasteiger partial charge in [-0.1, -0.05) is 0 Å². The SMILES string of the molecule is CNC(=O)[C@H](CS)C(C)(NC)C(N)=O. The molecule has 0 fully saturated rings. The Morgan fingerprint density at radius 3 is 2.21 bits per heavy atom. The molecule has 0 bridgehead atoms. The summed E-state index contributed by atoms with van der Waals surface area (Å²) < 4.78 is 0. The minimum atomic E-state index is -1.07. The topological polar surface area (TPSA) is 84.2 Å². The van der Waals surface area contributed by atoms with Crippen LogP contribution in [0.2, 0.25) is 0 Å². The number of amides is 2. The molecule has 2 amide bonds. The van der Waals surface area contributed by atoms with Gasteiger partial charge in [-0.15, -0.1) is 0 Å². The van der Waals surface area contributed by atoms with Crippen molar-refractivity contribution >= 4 is 24.4 Å². The van der Waals surface area contributed by atoms with Crippen molar-refractivity contribution in [3.8, 4) is 0 Å². The molecule has 5 nitrogen and oxygen atoms in total. The molecular weight excluding hydrogens is 202 g/mol. The molecule has 0 spiro atoms. The van der Waals surface area contributed by atoms with Crippen molar-refractivity contribution in [3.05, 3.63) is 0 Å². The first-order valence-electron chi connectivity index (χ1n) is 4.25. The van der Waals surface area contributed by atoms with Crippen LogP contribution in [0, 0.1) is 5.92 Å². The number of hydrogen-bond donors (Lipinski definition) is 4. The highest BCUT2D eigenvalue weighted by molar-refractivity contribution is 7.80. The second-order valence-electron chi connectivity index (χ2n) is 3.17. The average molecular weight is 219 g/mol. The maximum Gasteiger partial charge on any atom is 0.238 e. The van der Waals surface area contributed by atoms with Crippen molar-refractivity contribution in [2.75, 3.05) is 19.8 Å². The molecule has 14 heavy (non-hydrogen) atoms. The Labute approximate surface area is 89.2 Å². The van der Waals surface area contributed by atoms with E-state index in [1.165, 1.54) is 7.05 Å². The Balaban J connectivity index is 4.96. The summed E-state index contributed by atoms with van der Waals surface area (Å²) in [4.78, 5) is 22.7. The van der Waals surface area contributed by atoms with Gasteiger partial charge >= 0.3 is 0 Å². The van der Waals surface area contributed by atoms with E-state index in [0.717, 1.165) is 0 Å². The van der Waals surface area contributed by atoms with Gasteiger partial charge in [-0.3, -0.25) is 9.59 Å². The molecule has 0 aliphatic rings. The first-order valence-corrected chi connectivity index (χ1v) is 4.88. The number of nitrogens with two attached hydrogens (primary N) is 1. The number of carbonyl (C=O) groups is 2. The van der Waals surface area contributed by atoms with E-state index >= 15 is 0 Å². The van der Waals surface area contributed by atoms with Crippen LogP contribution in [0.25, 0.3) is 0 Å². The highest BCUT2D eigenvalue weighted by Gasteiger charge is 2.41. The van der Waals surface area contributed by atoms with Crippen LogP contribution in [0.3, 0.4) is 0 Å². The van der Waals surface area contributed by atoms with Crippen LogP contribution >= 0.6 is 12.6 Å². The monoisotopic (exact) mass is 219 g/mol. The summed E-state index contributed by atoms with van der Waals surface area (Å²) in [7, 11) is 3.10. The van der Waals surface area contributed by atoms with Gasteiger partial charge in [-0.25, -0.2) is 0 Å². The lowest BCUT2D eigenvalue weighted by Crippen LogP contribution is -2.61. The van der Waals surface area contributed by atoms with Gasteiger partial charge in [0.05, 0.1) is 5.92 Å². The molecule has 0 aliphatic carbocycles. The normalized spacial score (nSPS) is 16.9. The molecule has 4 N–H and O–H groups in total. The summed E-state index contributed by atoms with van der Waals surface area (Å²) in [5.41, 5.74) is 4.17. The molecule has 0 aromatic carbocycles. The molecule has 1 unspecified atom stereocenters. The number of carbonyl (C=O) groups excluding carboxylic acids is 2. The number of hydrogen-bond acceptors (Lipinski definition) is 4. The number of thiol groups is 1. The minimum absolute atomic E-state index is 0.250. The van der Waals surface area contributed by atoms with Crippen LogP contribution in [0.4, 0.5) is 0 Å². The van der Waals surface area contributed by atoms with Crippen molar-refractivity contribution in [2.45, 2.75) is 12.5 Å². The average Bonchev–Trinajstić information content (AvgIpc) is 2.17. The van der Waals surface area contributed by atoms with Crippen LogP contribution in [-0.2, 0) is 9.59 Å². The smallest absolute Gasteiger partial charge is 0.238 e. The van der Waals surface area contributed by atoms with Gasteiger partial charge in [0.25, 0.3) is 0 Å². The van der Waals surface area contributed by atoms with Crippen molar-refractivity contribution in [1.29, 1.82) is 0 Å². The molecule has 0 radical (unpaired) electrons. The Morgan fingerprint density at radius 1 is 1.50 bits per heavy atom. The van der Waals surface area contributed by atoms with Gasteiger partial charge in [-0.2, -0.15) is 12.6 Å². The lowest BCUT2D eigenvalue weighted by atomic mass is 9.85. The quantitative estimate of drug-likeness (QED) is 0.436. The Hall–Kier alpha value is -0.750. The summed E-state index contributed by atoms with van der Waals surface area (Å²) >= 11 is 4.04. The molecule has 2 atom stereocenters. The van der Waals surface area contributed by atoms with Crippen LogP contribution in [0.15, 0.2) is 0 Å². The predicted octanol–water partition coefficient (Wildman–Crippen LogP) is -1.26. The van der Waals surface area contributed by atoms with E-state index in [2.05, 4.69) is 23.3 Å². The maximum absolute atomic E-state index is 11.4. The second-order valence-corrected chi connectivity index (χ2v) is 3.53. The largest absolute Gasteiger partial charge is 0.368 e. The zero-order valence-corrected chi connectivity index (χ0v) is 9.52. The van der Waals surface area contributed by atoms with Crippen molar-refractivity contribution in [3.63, 3.8) is 0 Å². The Kier molecular flexibility index (Phi) is 4.93. The lowest BCUT2D eigenvalue weighted by Gasteiger charge is -2.32. The number of likely N-dealkylation sites (N-methyl/N-ethyl adjacent to an activating group) is 1. The first-order chi connectivity index (χ1) is 6.43. The number of rotatable bonds is 5. The van der Waals surface area contributed by atoms with E-state index in [0.29, 0.717) is 0 Å². The van der Waals surface area contributed by atoms with Crippen molar-refractivity contribution in [2.24, 2.45) is 11.7 Å².